The van der Waals surface area contributed by atoms with Crippen molar-refractivity contribution >= 4 is 34.9 Å². The Morgan fingerprint density at radius 2 is 1.98 bits per heavy atom. The average Bonchev–Trinajstić information content (AvgIpc) is 3.03. The lowest BCUT2D eigenvalue weighted by Gasteiger charge is -2.38. The second kappa shape index (κ2) is 13.0. The van der Waals surface area contributed by atoms with Gasteiger partial charge in [-0.05, 0) is 66.9 Å². The van der Waals surface area contributed by atoms with Gasteiger partial charge >= 0.3 is 0 Å². The second-order valence-electron chi connectivity index (χ2n) is 11.6. The lowest BCUT2D eigenvalue weighted by Crippen LogP contribution is -2.52. The SMILES string of the molecule is COC1CN(CCC(Nc2ccc3c(c2)Sc2cccc(C4CN(c5ccc[nH]c5=O)CCO4)c2S3)c2ccc(C)cn2)C1. The van der Waals surface area contributed by atoms with Gasteiger partial charge in [-0.3, -0.25) is 14.7 Å². The van der Waals surface area contributed by atoms with Crippen molar-refractivity contribution in [1.29, 1.82) is 0 Å². The van der Waals surface area contributed by atoms with Crippen LogP contribution in [0.2, 0.25) is 0 Å². The van der Waals surface area contributed by atoms with Gasteiger partial charge in [-0.25, -0.2) is 0 Å². The van der Waals surface area contributed by atoms with Gasteiger partial charge in [0.1, 0.15) is 11.8 Å². The molecule has 2 aromatic heterocycles. The number of benzene rings is 2. The highest BCUT2D eigenvalue weighted by Gasteiger charge is 2.30. The van der Waals surface area contributed by atoms with E-state index in [1.54, 1.807) is 13.3 Å². The Morgan fingerprint density at radius 1 is 1.07 bits per heavy atom. The number of nitrogens with one attached hydrogen (secondary N) is 2. The van der Waals surface area contributed by atoms with E-state index in [4.69, 9.17) is 14.5 Å². The number of aromatic nitrogens is 2. The molecule has 44 heavy (non-hydrogen) atoms. The summed E-state index contributed by atoms with van der Waals surface area (Å²) in [5, 5.41) is 3.81. The van der Waals surface area contributed by atoms with Crippen LogP contribution in [0.25, 0.3) is 0 Å². The molecule has 8 nitrogen and oxygen atoms in total. The highest BCUT2D eigenvalue weighted by atomic mass is 32.2. The molecule has 2 unspecified atom stereocenters. The quantitative estimate of drug-likeness (QED) is 0.200. The minimum absolute atomic E-state index is 0.0628. The van der Waals surface area contributed by atoms with Crippen molar-refractivity contribution in [2.45, 2.75) is 51.2 Å². The van der Waals surface area contributed by atoms with E-state index in [0.29, 0.717) is 31.5 Å². The average molecular weight is 628 g/mol. The van der Waals surface area contributed by atoms with E-state index in [0.717, 1.165) is 37.4 Å². The van der Waals surface area contributed by atoms with Gasteiger partial charge in [0.05, 0.1) is 24.4 Å². The summed E-state index contributed by atoms with van der Waals surface area (Å²) in [4.78, 5) is 29.6. The zero-order valence-electron chi connectivity index (χ0n) is 25.0. The van der Waals surface area contributed by atoms with Crippen LogP contribution < -0.4 is 15.8 Å². The van der Waals surface area contributed by atoms with E-state index < -0.39 is 0 Å². The molecule has 3 aliphatic heterocycles. The van der Waals surface area contributed by atoms with Crippen molar-refractivity contribution in [1.82, 2.24) is 14.9 Å². The minimum Gasteiger partial charge on any atom is -0.379 e. The van der Waals surface area contributed by atoms with E-state index in [1.807, 2.05) is 41.9 Å². The molecule has 0 radical (unpaired) electrons. The van der Waals surface area contributed by atoms with Crippen LogP contribution in [0.1, 0.15) is 35.4 Å². The summed E-state index contributed by atoms with van der Waals surface area (Å²) in [6.45, 7) is 6.98. The number of fused-ring (bicyclic) bond motifs is 2. The number of H-pyrrole nitrogens is 1. The summed E-state index contributed by atoms with van der Waals surface area (Å²) in [6.07, 6.45) is 4.84. The molecule has 0 aliphatic carbocycles. The number of aromatic amines is 1. The Hall–Kier alpha value is -3.28. The van der Waals surface area contributed by atoms with Crippen LogP contribution in [0.4, 0.5) is 11.4 Å². The zero-order chi connectivity index (χ0) is 30.0. The summed E-state index contributed by atoms with van der Waals surface area (Å²) in [7, 11) is 1.79. The molecule has 2 atom stereocenters. The Morgan fingerprint density at radius 3 is 2.80 bits per heavy atom. The molecule has 0 amide bonds. The van der Waals surface area contributed by atoms with Gasteiger partial charge in [0.25, 0.3) is 5.56 Å². The molecule has 3 aliphatic rings. The van der Waals surface area contributed by atoms with Gasteiger partial charge in [-0.1, -0.05) is 41.7 Å². The first-order valence-electron chi connectivity index (χ1n) is 15.1. The number of rotatable bonds is 9. The summed E-state index contributed by atoms with van der Waals surface area (Å²) in [6, 6.07) is 21.3. The Kier molecular flexibility index (Phi) is 8.69. The number of nitrogens with zero attached hydrogens (tertiary/aromatic N) is 3. The molecule has 228 valence electrons. The maximum Gasteiger partial charge on any atom is 0.271 e. The van der Waals surface area contributed by atoms with Crippen LogP contribution in [0.3, 0.4) is 0 Å². The maximum absolute atomic E-state index is 12.5. The first-order chi connectivity index (χ1) is 21.5. The first-order valence-corrected chi connectivity index (χ1v) is 16.8. The van der Waals surface area contributed by atoms with E-state index in [1.165, 1.54) is 30.7 Å². The summed E-state index contributed by atoms with van der Waals surface area (Å²) < 4.78 is 11.8. The third-order valence-electron chi connectivity index (χ3n) is 8.56. The monoisotopic (exact) mass is 627 g/mol. The summed E-state index contributed by atoms with van der Waals surface area (Å²) >= 11 is 3.62. The molecule has 7 rings (SSSR count). The van der Waals surface area contributed by atoms with Gasteiger partial charge in [-0.2, -0.15) is 0 Å². The molecule has 5 heterocycles. The minimum atomic E-state index is -0.109. The predicted molar refractivity (Wildman–Crippen MR) is 176 cm³/mol. The molecule has 0 saturated carbocycles. The number of likely N-dealkylation sites (tertiary alicyclic amines) is 1. The Balaban J connectivity index is 1.08. The lowest BCUT2D eigenvalue weighted by molar-refractivity contribution is -0.0299. The van der Waals surface area contributed by atoms with Crippen molar-refractivity contribution in [2.75, 3.05) is 56.7 Å². The second-order valence-corrected chi connectivity index (χ2v) is 13.7. The van der Waals surface area contributed by atoms with Crippen molar-refractivity contribution in [2.24, 2.45) is 0 Å². The zero-order valence-corrected chi connectivity index (χ0v) is 26.6. The smallest absolute Gasteiger partial charge is 0.271 e. The molecule has 4 aromatic rings. The molecule has 2 fully saturated rings. The number of pyridine rings is 2. The highest BCUT2D eigenvalue weighted by molar-refractivity contribution is 8.05. The van der Waals surface area contributed by atoms with Crippen molar-refractivity contribution in [3.8, 4) is 0 Å². The number of morpholine rings is 1. The standard InChI is InChI=1S/C34H37N5O3S2/c1-22-8-10-26(36-18-22)27(12-14-38-19-24(20-38)41-2)37-23-9-11-30-32(17-23)43-31-7-3-5-25(33(31)44-30)29-21-39(15-16-42-29)28-6-4-13-35-34(28)40/h3-11,13,17-18,24,27,29,37H,12,14-16,19-21H2,1-2H3,(H,35,40). The Labute approximate surface area is 266 Å². The van der Waals surface area contributed by atoms with Crippen LogP contribution in [0.5, 0.6) is 0 Å². The number of methoxy groups -OCH3 is 1. The van der Waals surface area contributed by atoms with Crippen LogP contribution in [0, 0.1) is 6.92 Å². The van der Waals surface area contributed by atoms with E-state index >= 15 is 0 Å². The topological polar surface area (TPSA) is 82.7 Å². The molecule has 10 heteroatoms. The molecular weight excluding hydrogens is 591 g/mol. The fourth-order valence-corrected chi connectivity index (χ4v) is 8.48. The van der Waals surface area contributed by atoms with Gasteiger partial charge in [-0.15, -0.1) is 0 Å². The van der Waals surface area contributed by atoms with Crippen LogP contribution in [-0.4, -0.2) is 67.4 Å². The molecule has 2 saturated heterocycles. The van der Waals surface area contributed by atoms with Crippen molar-refractivity contribution in [3.63, 3.8) is 0 Å². The van der Waals surface area contributed by atoms with Crippen molar-refractivity contribution < 1.29 is 9.47 Å². The Bertz CT molecular complexity index is 1670. The molecule has 2 N–H and O–H groups in total. The largest absolute Gasteiger partial charge is 0.379 e. The molecule has 0 spiro atoms. The number of ether oxygens (including phenoxy) is 2. The van der Waals surface area contributed by atoms with Crippen molar-refractivity contribution in [3.05, 3.63) is 100 Å². The summed E-state index contributed by atoms with van der Waals surface area (Å²) in [5.41, 5.74) is 5.14. The number of hydrogen-bond donors (Lipinski definition) is 2. The van der Waals surface area contributed by atoms with E-state index in [9.17, 15) is 4.79 Å². The molecule has 0 bridgehead atoms. The molecule has 2 aromatic carbocycles. The molecular formula is C34H37N5O3S2. The van der Waals surface area contributed by atoms with E-state index in [2.05, 4.69) is 75.6 Å². The first kappa shape index (κ1) is 29.4. The van der Waals surface area contributed by atoms with Crippen LogP contribution in [-0.2, 0) is 9.47 Å². The normalized spacial score (nSPS) is 19.1. The van der Waals surface area contributed by atoms with Gasteiger partial charge in [0, 0.05) is 77.5 Å². The number of anilines is 2. The maximum atomic E-state index is 12.5. The van der Waals surface area contributed by atoms with Crippen LogP contribution >= 0.6 is 23.5 Å². The fraction of sp³-hybridized carbons (Fsp3) is 0.353. The summed E-state index contributed by atoms with van der Waals surface area (Å²) in [5.74, 6) is 0. The fourth-order valence-electron chi connectivity index (χ4n) is 6.03. The number of hydrogen-bond acceptors (Lipinski definition) is 9. The third-order valence-corrected chi connectivity index (χ3v) is 11.2. The van der Waals surface area contributed by atoms with Gasteiger partial charge in [0.2, 0.25) is 0 Å². The highest BCUT2D eigenvalue weighted by Crippen LogP contribution is 2.52. The lowest BCUT2D eigenvalue weighted by atomic mass is 10.1. The van der Waals surface area contributed by atoms with Gasteiger partial charge < -0.3 is 24.7 Å². The third kappa shape index (κ3) is 6.27. The van der Waals surface area contributed by atoms with Gasteiger partial charge in [0.15, 0.2) is 0 Å². The predicted octanol–water partition coefficient (Wildman–Crippen LogP) is 6.15. The number of aryl methyl sites for hydroxylation is 1. The van der Waals surface area contributed by atoms with Crippen LogP contribution in [0.15, 0.2) is 97.4 Å². The van der Waals surface area contributed by atoms with E-state index in [-0.39, 0.29) is 17.7 Å².